The molecule has 1 aromatic rings. The number of nitrogens with zero attached hydrogens (tertiary/aromatic N) is 1. The third-order valence-corrected chi connectivity index (χ3v) is 30.3. The van der Waals surface area contributed by atoms with Crippen molar-refractivity contribution in [3.8, 4) is 5.75 Å². The fraction of sp³-hybridized carbons (Fsp3) is 0.729. The number of hydrogen-bond acceptors (Lipinski definition) is 12. The van der Waals surface area contributed by atoms with Gasteiger partial charge in [0.15, 0.2) is 25.0 Å². The number of nitro benzene ring substituents is 1. The summed E-state index contributed by atoms with van der Waals surface area (Å²) < 4.78 is 51.5. The maximum atomic E-state index is 13.6. The quantitative estimate of drug-likeness (QED) is 0.0121. The number of carbonyl (C=O) groups is 2. The van der Waals surface area contributed by atoms with Gasteiger partial charge in [0, 0.05) is 55.3 Å². The molecule has 1 heterocycles. The zero-order valence-electron chi connectivity index (χ0n) is 51.0. The summed E-state index contributed by atoms with van der Waals surface area (Å²) in [6.07, 6.45) is 10.2. The van der Waals surface area contributed by atoms with Crippen molar-refractivity contribution >= 4 is 42.8 Å². The van der Waals surface area contributed by atoms with Crippen molar-refractivity contribution in [3.05, 3.63) is 83.0 Å². The van der Waals surface area contributed by atoms with Gasteiger partial charge in [-0.25, -0.2) is 4.79 Å². The van der Waals surface area contributed by atoms with Gasteiger partial charge in [0.2, 0.25) is 0 Å². The highest BCUT2D eigenvalue weighted by atomic mass is 28.4. The molecule has 1 aliphatic heterocycles. The van der Waals surface area contributed by atoms with Crippen LogP contribution >= 0.6 is 0 Å². The van der Waals surface area contributed by atoms with E-state index in [4.69, 9.17) is 37.0 Å². The molecule has 0 saturated carbocycles. The third-order valence-electron chi connectivity index (χ3n) is 16.8. The Hall–Kier alpha value is -3.23. The second kappa shape index (κ2) is 28.1. The predicted molar refractivity (Wildman–Crippen MR) is 312 cm³/mol. The van der Waals surface area contributed by atoms with Crippen molar-refractivity contribution in [1.29, 1.82) is 0 Å². The minimum atomic E-state index is -2.39. The van der Waals surface area contributed by atoms with Crippen molar-refractivity contribution in [3.63, 3.8) is 0 Å². The second-order valence-electron chi connectivity index (χ2n) is 26.3. The second-order valence-corrected chi connectivity index (χ2v) is 40.6. The molecule has 0 radical (unpaired) electrons. The number of allylic oxidation sites excluding steroid dienone is 3. The summed E-state index contributed by atoms with van der Waals surface area (Å²) in [5, 5.41) is 11.1. The van der Waals surface area contributed by atoms with Crippen LogP contribution in [-0.4, -0.2) is 92.5 Å². The number of non-ortho nitro benzene ring substituents is 1. The van der Waals surface area contributed by atoms with Crippen LogP contribution in [0.15, 0.2) is 72.9 Å². The Morgan fingerprint density at radius 3 is 1.83 bits per heavy atom. The van der Waals surface area contributed by atoms with E-state index in [-0.39, 0.29) is 111 Å². The van der Waals surface area contributed by atoms with E-state index < -0.39 is 42.1 Å². The molecule has 0 amide bonds. The van der Waals surface area contributed by atoms with Crippen LogP contribution in [0.2, 0.25) is 54.4 Å². The minimum Gasteiger partial charge on any atom is -0.462 e. The molecule has 1 fully saturated rings. The lowest BCUT2D eigenvalue weighted by Gasteiger charge is -2.47. The minimum absolute atomic E-state index is 0.0108. The van der Waals surface area contributed by atoms with Crippen LogP contribution in [0, 0.1) is 51.5 Å². The van der Waals surface area contributed by atoms with Crippen molar-refractivity contribution in [2.24, 2.45) is 41.4 Å². The largest absolute Gasteiger partial charge is 0.514 e. The Kier molecular flexibility index (Phi) is 25.4. The summed E-state index contributed by atoms with van der Waals surface area (Å²) in [5.41, 5.74) is 1.05. The average Bonchev–Trinajstić information content (AvgIpc) is 3.27. The number of nitro groups is 1. The van der Waals surface area contributed by atoms with Crippen LogP contribution in [-0.2, 0) is 37.0 Å². The van der Waals surface area contributed by atoms with Crippen LogP contribution < -0.4 is 4.74 Å². The molecule has 0 aromatic heterocycles. The fourth-order valence-electron chi connectivity index (χ4n) is 9.05. The zero-order chi connectivity index (χ0) is 57.8. The number of hydrogen-bond donors (Lipinski definition) is 0. The summed E-state index contributed by atoms with van der Waals surface area (Å²) in [6, 6.07) is 5.32. The van der Waals surface area contributed by atoms with E-state index in [1.54, 1.807) is 13.2 Å². The predicted octanol–water partition coefficient (Wildman–Crippen LogP) is 16.0. The molecule has 75 heavy (non-hydrogen) atoms. The maximum Gasteiger partial charge on any atom is 0.514 e. The van der Waals surface area contributed by atoms with Crippen molar-refractivity contribution < 1.29 is 51.5 Å². The first-order chi connectivity index (χ1) is 34.2. The molecule has 0 unspecified atom stereocenters. The summed E-state index contributed by atoms with van der Waals surface area (Å²) in [7, 11) is -5.26. The van der Waals surface area contributed by atoms with Gasteiger partial charge in [-0.2, -0.15) is 0 Å². The Morgan fingerprint density at radius 2 is 1.32 bits per heavy atom. The van der Waals surface area contributed by atoms with Crippen LogP contribution in [0.4, 0.5) is 10.5 Å². The number of methoxy groups -OCH3 is 1. The molecule has 13 atom stereocenters. The number of cyclic esters (lactones) is 1. The van der Waals surface area contributed by atoms with Crippen molar-refractivity contribution in [1.82, 2.24) is 0 Å². The van der Waals surface area contributed by atoms with Gasteiger partial charge in [-0.15, -0.1) is 0 Å². The maximum absolute atomic E-state index is 13.6. The van der Waals surface area contributed by atoms with Crippen LogP contribution in [0.1, 0.15) is 131 Å². The Balaban J connectivity index is 2.56. The lowest BCUT2D eigenvalue weighted by Crippen LogP contribution is -2.55. The first-order valence-electron chi connectivity index (χ1n) is 27.3. The SMILES string of the molecule is C=C/C=C\[C@H](C)[C@H](OC(=O)Oc1ccc([N+](=O)[O-])cc1)[C@@H](C)[C@H](O[Si](C)(C)C(C)(C)C)[C@@H](C)C/C(C)=C\[C@H](C)[C@@H](OCOC)[C@@H](C)/C=C\[C@H](C[C@@H]1OC(=O)[C@H](C)[C@@H](O[Si](C)(C)C(C)(C)C)[C@H]1C)O[Si](C)(C)C(C)(C)C. The van der Waals surface area contributed by atoms with Gasteiger partial charge >= 0.3 is 12.1 Å². The number of rotatable bonds is 27. The Bertz CT molecular complexity index is 2080. The van der Waals surface area contributed by atoms with Gasteiger partial charge in [-0.3, -0.25) is 14.9 Å². The van der Waals surface area contributed by atoms with Gasteiger partial charge in [-0.05, 0) is 92.7 Å². The van der Waals surface area contributed by atoms with Crippen LogP contribution in [0.5, 0.6) is 5.75 Å². The lowest BCUT2D eigenvalue weighted by molar-refractivity contribution is -0.384. The standard InChI is InChI=1S/C59H103NO12Si3/c1-26-27-28-40(3)52(69-56(62)67-48-33-30-47(31-34-48)60(63)64)45(8)53(71-74(22,23)58(13,14)15)43(6)36-39(2)35-42(5)51(66-38-65-19)41(4)29-32-49(70-73(20,21)57(10,11)12)37-50-44(7)54(46(9)55(61)68-50)72-75(24,25)59(16,17)18/h26-35,40-46,49-54H,1,36-38H2,2-25H3/b28-27-,32-29-,39-35-/t40-,41-,42-,43-,44-,45+,46+,49+,50-,51-,52-,53+,54-/m0/s1. The molecular formula is C59H103NO12Si3. The van der Waals surface area contributed by atoms with E-state index in [0.29, 0.717) is 12.8 Å². The van der Waals surface area contributed by atoms with E-state index in [1.807, 2.05) is 26.0 Å². The summed E-state index contributed by atoms with van der Waals surface area (Å²) >= 11 is 0. The summed E-state index contributed by atoms with van der Waals surface area (Å²) in [5.74, 6) is -1.14. The van der Waals surface area contributed by atoms with Gasteiger partial charge in [0.05, 0.1) is 35.3 Å². The van der Waals surface area contributed by atoms with E-state index in [9.17, 15) is 19.7 Å². The normalized spacial score (nSPS) is 22.4. The van der Waals surface area contributed by atoms with Crippen LogP contribution in [0.25, 0.3) is 0 Å². The zero-order valence-corrected chi connectivity index (χ0v) is 54.0. The highest BCUT2D eigenvalue weighted by molar-refractivity contribution is 6.75. The lowest BCUT2D eigenvalue weighted by atomic mass is 9.81. The Morgan fingerprint density at radius 1 is 0.787 bits per heavy atom. The Labute approximate surface area is 457 Å². The third kappa shape index (κ3) is 19.9. The van der Waals surface area contributed by atoms with Crippen molar-refractivity contribution in [2.75, 3.05) is 13.9 Å². The fourth-order valence-corrected chi connectivity index (χ4v) is 13.3. The summed E-state index contributed by atoms with van der Waals surface area (Å²) in [4.78, 5) is 37.8. The molecule has 0 N–H and O–H groups in total. The molecule has 428 valence electrons. The number of ether oxygens (including phenoxy) is 5. The van der Waals surface area contributed by atoms with E-state index >= 15 is 0 Å². The first-order valence-corrected chi connectivity index (χ1v) is 36.1. The molecule has 1 aromatic carbocycles. The molecule has 16 heteroatoms. The monoisotopic (exact) mass is 1100 g/mol. The van der Waals surface area contributed by atoms with Gasteiger partial charge in [0.1, 0.15) is 24.8 Å². The van der Waals surface area contributed by atoms with Crippen LogP contribution in [0.3, 0.4) is 0 Å². The smallest absolute Gasteiger partial charge is 0.462 e. The number of benzene rings is 1. The van der Waals surface area contributed by atoms with Gasteiger partial charge in [0.25, 0.3) is 5.69 Å². The van der Waals surface area contributed by atoms with E-state index in [2.05, 4.69) is 168 Å². The average molecular weight is 1100 g/mol. The molecule has 1 saturated heterocycles. The molecule has 1 aliphatic rings. The van der Waals surface area contributed by atoms with Crippen molar-refractivity contribution in [2.45, 2.75) is 222 Å². The molecule has 2 rings (SSSR count). The molecule has 0 bridgehead atoms. The molecular weight excluding hydrogens is 999 g/mol. The molecule has 0 spiro atoms. The van der Waals surface area contributed by atoms with E-state index in [0.717, 1.165) is 0 Å². The topological polar surface area (TPSA) is 151 Å². The number of esters is 1. The molecule has 13 nitrogen and oxygen atoms in total. The molecule has 0 aliphatic carbocycles. The summed E-state index contributed by atoms with van der Waals surface area (Å²) in [6.45, 7) is 54.3. The highest BCUT2D eigenvalue weighted by Gasteiger charge is 2.49. The van der Waals surface area contributed by atoms with Gasteiger partial charge in [-0.1, -0.05) is 152 Å². The highest BCUT2D eigenvalue weighted by Crippen LogP contribution is 2.44. The van der Waals surface area contributed by atoms with E-state index in [1.165, 1.54) is 29.8 Å². The number of carbonyl (C=O) groups excluding carboxylic acids is 2. The first kappa shape index (κ1) is 67.9. The van der Waals surface area contributed by atoms with Gasteiger partial charge < -0.3 is 37.0 Å².